The van der Waals surface area contributed by atoms with Crippen LogP contribution in [0.5, 0.6) is 0 Å². The number of ether oxygens (including phenoxy) is 1. The summed E-state index contributed by atoms with van der Waals surface area (Å²) in [6.45, 7) is 3.26. The van der Waals surface area contributed by atoms with Crippen molar-refractivity contribution < 1.29 is 24.0 Å². The summed E-state index contributed by atoms with van der Waals surface area (Å²) >= 11 is 0. The minimum atomic E-state index is -0.980. The van der Waals surface area contributed by atoms with E-state index in [1.807, 2.05) is 0 Å². The number of nitrogens with zero attached hydrogens (tertiary/aromatic N) is 2. The first-order chi connectivity index (χ1) is 11.8. The second-order valence-electron chi connectivity index (χ2n) is 5.90. The van der Waals surface area contributed by atoms with Gasteiger partial charge in [-0.2, -0.15) is 0 Å². The third kappa shape index (κ3) is 3.33. The largest absolute Gasteiger partial charge is 0.468 e. The molecule has 0 radical (unpaired) electrons. The van der Waals surface area contributed by atoms with E-state index in [2.05, 4.69) is 4.99 Å². The van der Waals surface area contributed by atoms with E-state index >= 15 is 0 Å². The van der Waals surface area contributed by atoms with E-state index in [9.17, 15) is 24.5 Å². The molecule has 0 saturated heterocycles. The summed E-state index contributed by atoms with van der Waals surface area (Å²) in [5, 5.41) is 11.4. The summed E-state index contributed by atoms with van der Waals surface area (Å²) in [5.41, 5.74) is 0.411. The van der Waals surface area contributed by atoms with Crippen molar-refractivity contribution in [3.8, 4) is 0 Å². The normalized spacial score (nSPS) is 25.6. The van der Waals surface area contributed by atoms with Gasteiger partial charge in [0.2, 0.25) is 5.78 Å². The van der Waals surface area contributed by atoms with E-state index < -0.39 is 40.5 Å². The topological polar surface area (TPSA) is 116 Å². The number of methoxy groups -OCH3 is 1. The highest BCUT2D eigenvalue weighted by Gasteiger charge is 2.48. The third-order valence-electron chi connectivity index (χ3n) is 4.52. The predicted octanol–water partition coefficient (Wildman–Crippen LogP) is 1.71. The quantitative estimate of drug-likeness (QED) is 0.263. The number of esters is 1. The third-order valence-corrected chi connectivity index (χ3v) is 4.52. The Morgan fingerprint density at radius 1 is 1.32 bits per heavy atom. The first-order valence-corrected chi connectivity index (χ1v) is 7.67. The minimum absolute atomic E-state index is 0.174. The molecule has 1 aliphatic rings. The molecule has 1 aliphatic heterocycles. The predicted molar refractivity (Wildman–Crippen MR) is 88.5 cm³/mol. The standard InChI is InChI=1S/C17H18N2O6/c1-9-14(13(21)8-20)16(15(10(2)18-9)17(22)25-3)11-6-4-5-7-12(11)19(23)24/h4-9,14-16H,1-3H3. The Morgan fingerprint density at radius 3 is 2.52 bits per heavy atom. The van der Waals surface area contributed by atoms with Gasteiger partial charge in [-0.15, -0.1) is 0 Å². The zero-order chi connectivity index (χ0) is 18.7. The average molecular weight is 346 g/mol. The molecule has 0 aliphatic carbocycles. The number of aldehydes is 1. The molecule has 4 unspecified atom stereocenters. The summed E-state index contributed by atoms with van der Waals surface area (Å²) in [4.78, 5) is 50.9. The molecule has 0 spiro atoms. The Balaban J connectivity index is 2.74. The van der Waals surface area contributed by atoms with Crippen LogP contribution in [0.2, 0.25) is 0 Å². The first-order valence-electron chi connectivity index (χ1n) is 7.67. The summed E-state index contributed by atoms with van der Waals surface area (Å²) < 4.78 is 4.82. The molecule has 0 bridgehead atoms. The maximum Gasteiger partial charge on any atom is 0.315 e. The Labute approximate surface area is 144 Å². The van der Waals surface area contributed by atoms with Crippen molar-refractivity contribution in [3.63, 3.8) is 0 Å². The molecular formula is C17H18N2O6. The average Bonchev–Trinajstić information content (AvgIpc) is 2.59. The number of hydrogen-bond acceptors (Lipinski definition) is 7. The SMILES string of the molecule is COC(=O)C1C(C)=NC(C)C(C(=O)C=O)C1c1ccccc1[N+](=O)[O-]. The van der Waals surface area contributed by atoms with Crippen LogP contribution < -0.4 is 0 Å². The van der Waals surface area contributed by atoms with Crippen molar-refractivity contribution in [2.45, 2.75) is 25.8 Å². The molecule has 4 atom stereocenters. The van der Waals surface area contributed by atoms with Crippen LogP contribution in [0.25, 0.3) is 0 Å². The van der Waals surface area contributed by atoms with Crippen molar-refractivity contribution in [3.05, 3.63) is 39.9 Å². The fraction of sp³-hybridized carbons (Fsp3) is 0.412. The number of para-hydroxylation sites is 1. The van der Waals surface area contributed by atoms with Gasteiger partial charge in [0.25, 0.3) is 5.69 Å². The van der Waals surface area contributed by atoms with Gasteiger partial charge >= 0.3 is 5.97 Å². The Hall–Kier alpha value is -2.90. The molecule has 0 amide bonds. The molecule has 8 heteroatoms. The second kappa shape index (κ2) is 7.33. The van der Waals surface area contributed by atoms with Crippen molar-refractivity contribution in [2.75, 3.05) is 7.11 Å². The lowest BCUT2D eigenvalue weighted by Crippen LogP contribution is -2.45. The van der Waals surface area contributed by atoms with Crippen molar-refractivity contribution in [1.82, 2.24) is 0 Å². The van der Waals surface area contributed by atoms with Crippen LogP contribution in [-0.4, -0.2) is 41.8 Å². The molecule has 0 saturated carbocycles. The van der Waals surface area contributed by atoms with Crippen LogP contribution in [0, 0.1) is 22.0 Å². The molecule has 0 N–H and O–H groups in total. The number of ketones is 1. The highest BCUT2D eigenvalue weighted by atomic mass is 16.6. The smallest absolute Gasteiger partial charge is 0.315 e. The summed E-state index contributed by atoms with van der Waals surface area (Å²) in [7, 11) is 1.20. The number of nitro groups is 1. The lowest BCUT2D eigenvalue weighted by molar-refractivity contribution is -0.385. The maximum atomic E-state index is 12.3. The summed E-state index contributed by atoms with van der Waals surface area (Å²) in [6.07, 6.45) is 0.174. The van der Waals surface area contributed by atoms with Crippen LogP contribution in [0.1, 0.15) is 25.3 Å². The van der Waals surface area contributed by atoms with Gasteiger partial charge in [0, 0.05) is 23.3 Å². The number of nitro benzene ring substituents is 1. The number of carbonyl (C=O) groups excluding carboxylic acids is 3. The van der Waals surface area contributed by atoms with Gasteiger partial charge in [0.15, 0.2) is 6.29 Å². The first kappa shape index (κ1) is 18.4. The van der Waals surface area contributed by atoms with E-state index in [0.717, 1.165) is 0 Å². The monoisotopic (exact) mass is 346 g/mol. The van der Waals surface area contributed by atoms with E-state index in [-0.39, 0.29) is 17.5 Å². The fourth-order valence-electron chi connectivity index (χ4n) is 3.50. The van der Waals surface area contributed by atoms with Gasteiger partial charge in [-0.25, -0.2) is 0 Å². The van der Waals surface area contributed by atoms with Gasteiger partial charge < -0.3 is 4.74 Å². The fourth-order valence-corrected chi connectivity index (χ4v) is 3.50. The van der Waals surface area contributed by atoms with Crippen LogP contribution in [0.4, 0.5) is 5.69 Å². The van der Waals surface area contributed by atoms with Crippen LogP contribution >= 0.6 is 0 Å². The van der Waals surface area contributed by atoms with Crippen molar-refractivity contribution in [2.24, 2.45) is 16.8 Å². The van der Waals surface area contributed by atoms with Crippen molar-refractivity contribution in [1.29, 1.82) is 0 Å². The van der Waals surface area contributed by atoms with E-state index in [0.29, 0.717) is 5.71 Å². The highest BCUT2D eigenvalue weighted by molar-refractivity contribution is 6.27. The van der Waals surface area contributed by atoms with E-state index in [1.165, 1.54) is 25.3 Å². The number of rotatable bonds is 5. The Morgan fingerprint density at radius 2 is 1.96 bits per heavy atom. The minimum Gasteiger partial charge on any atom is -0.468 e. The van der Waals surface area contributed by atoms with E-state index in [4.69, 9.17) is 4.74 Å². The molecule has 2 rings (SSSR count). The van der Waals surface area contributed by atoms with Gasteiger partial charge in [0.05, 0.1) is 24.0 Å². The van der Waals surface area contributed by atoms with E-state index in [1.54, 1.807) is 19.9 Å². The van der Waals surface area contributed by atoms with Crippen molar-refractivity contribution >= 4 is 29.4 Å². The second-order valence-corrected chi connectivity index (χ2v) is 5.90. The zero-order valence-corrected chi connectivity index (χ0v) is 14.0. The molecule has 8 nitrogen and oxygen atoms in total. The molecule has 1 heterocycles. The molecule has 0 fully saturated rings. The number of carbonyl (C=O) groups is 3. The van der Waals surface area contributed by atoms with Gasteiger partial charge in [-0.3, -0.25) is 29.5 Å². The van der Waals surface area contributed by atoms with Crippen LogP contribution in [0.3, 0.4) is 0 Å². The van der Waals surface area contributed by atoms with Crippen LogP contribution in [-0.2, 0) is 19.1 Å². The molecule has 1 aromatic rings. The number of aliphatic imine (C=N–C) groups is 1. The molecule has 1 aromatic carbocycles. The Bertz CT molecular complexity index is 757. The van der Waals surface area contributed by atoms with Crippen LogP contribution in [0.15, 0.2) is 29.3 Å². The van der Waals surface area contributed by atoms with Gasteiger partial charge in [0.1, 0.15) is 5.92 Å². The molecule has 0 aromatic heterocycles. The maximum absolute atomic E-state index is 12.3. The zero-order valence-electron chi connectivity index (χ0n) is 14.0. The molecule has 25 heavy (non-hydrogen) atoms. The number of Topliss-reactive ketones (excluding diaryl/α,β-unsaturated/α-hetero) is 1. The van der Waals surface area contributed by atoms with Gasteiger partial charge in [-0.1, -0.05) is 18.2 Å². The number of hydrogen-bond donors (Lipinski definition) is 0. The number of benzene rings is 1. The lowest BCUT2D eigenvalue weighted by atomic mass is 9.68. The highest BCUT2D eigenvalue weighted by Crippen LogP contribution is 2.43. The van der Waals surface area contributed by atoms with Gasteiger partial charge in [-0.05, 0) is 13.8 Å². The molecule has 132 valence electrons. The summed E-state index contributed by atoms with van der Waals surface area (Å²) in [5.74, 6) is -4.26. The molecular weight excluding hydrogens is 328 g/mol. The lowest BCUT2D eigenvalue weighted by Gasteiger charge is -2.37. The Kier molecular flexibility index (Phi) is 5.41. The summed E-state index contributed by atoms with van der Waals surface area (Å²) in [6, 6.07) is 5.29.